The van der Waals surface area contributed by atoms with Crippen molar-refractivity contribution in [3.8, 4) is 0 Å². The van der Waals surface area contributed by atoms with Crippen LogP contribution in [0.3, 0.4) is 0 Å². The molecule has 2 rings (SSSR count). The Morgan fingerprint density at radius 2 is 2.09 bits per heavy atom. The smallest absolute Gasteiger partial charge is 0.318 e. The Kier molecular flexibility index (Phi) is 5.80. The second-order valence-corrected chi connectivity index (χ2v) is 5.94. The maximum atomic E-state index is 12.4. The lowest BCUT2D eigenvalue weighted by Crippen LogP contribution is -2.50. The summed E-state index contributed by atoms with van der Waals surface area (Å²) >= 11 is 0. The van der Waals surface area contributed by atoms with Gasteiger partial charge in [-0.3, -0.25) is 4.79 Å². The van der Waals surface area contributed by atoms with Gasteiger partial charge in [0, 0.05) is 18.2 Å². The molecule has 7 heteroatoms. The number of hydrogen-bond donors (Lipinski definition) is 2. The van der Waals surface area contributed by atoms with Crippen molar-refractivity contribution in [2.24, 2.45) is 0 Å². The summed E-state index contributed by atoms with van der Waals surface area (Å²) in [5.41, 5.74) is 0. The van der Waals surface area contributed by atoms with Crippen molar-refractivity contribution in [1.82, 2.24) is 15.4 Å². The lowest BCUT2D eigenvalue weighted by atomic mass is 9.96. The van der Waals surface area contributed by atoms with Gasteiger partial charge >= 0.3 is 6.03 Å². The van der Waals surface area contributed by atoms with E-state index in [1.54, 1.807) is 6.07 Å². The zero-order valence-electron chi connectivity index (χ0n) is 13.2. The third-order valence-corrected chi connectivity index (χ3v) is 3.84. The topological polar surface area (TPSA) is 87.5 Å². The van der Waals surface area contributed by atoms with Gasteiger partial charge in [0.25, 0.3) is 0 Å². The van der Waals surface area contributed by atoms with Crippen molar-refractivity contribution in [2.75, 3.05) is 11.9 Å². The van der Waals surface area contributed by atoms with Gasteiger partial charge in [-0.25, -0.2) is 4.79 Å². The quantitative estimate of drug-likeness (QED) is 0.874. The molecule has 1 aliphatic carbocycles. The van der Waals surface area contributed by atoms with Crippen LogP contribution in [0.1, 0.15) is 46.0 Å². The summed E-state index contributed by atoms with van der Waals surface area (Å²) in [4.78, 5) is 25.9. The molecule has 1 aromatic rings. The molecule has 0 saturated heterocycles. The van der Waals surface area contributed by atoms with Crippen molar-refractivity contribution in [1.29, 1.82) is 0 Å². The molecule has 0 radical (unpaired) electrons. The minimum absolute atomic E-state index is 0.0108. The van der Waals surface area contributed by atoms with Gasteiger partial charge in [-0.15, -0.1) is 0 Å². The zero-order valence-corrected chi connectivity index (χ0v) is 13.2. The van der Waals surface area contributed by atoms with E-state index in [0.717, 1.165) is 25.7 Å². The van der Waals surface area contributed by atoms with Gasteiger partial charge in [-0.2, -0.15) is 0 Å². The van der Waals surface area contributed by atoms with Gasteiger partial charge in [0.05, 0.1) is 0 Å². The van der Waals surface area contributed by atoms with E-state index in [-0.39, 0.29) is 30.6 Å². The fourth-order valence-corrected chi connectivity index (χ4v) is 2.61. The van der Waals surface area contributed by atoms with Crippen LogP contribution in [-0.2, 0) is 4.79 Å². The zero-order chi connectivity index (χ0) is 15.9. The molecule has 1 fully saturated rings. The number of urea groups is 1. The SMILES string of the molecule is CC(C)N(CC(=O)Nc1ccon1)C(=O)NC1CCCCC1. The van der Waals surface area contributed by atoms with Crippen LogP contribution in [0.5, 0.6) is 0 Å². The van der Waals surface area contributed by atoms with Crippen molar-refractivity contribution in [3.05, 3.63) is 12.3 Å². The van der Waals surface area contributed by atoms with E-state index in [2.05, 4.69) is 20.3 Å². The Balaban J connectivity index is 1.87. The fraction of sp³-hybridized carbons (Fsp3) is 0.667. The molecule has 3 amide bonds. The summed E-state index contributed by atoms with van der Waals surface area (Å²) in [5, 5.41) is 9.26. The summed E-state index contributed by atoms with van der Waals surface area (Å²) in [6.07, 6.45) is 6.95. The molecule has 7 nitrogen and oxygen atoms in total. The number of nitrogens with one attached hydrogen (secondary N) is 2. The Hall–Kier alpha value is -2.05. The Morgan fingerprint density at radius 3 is 2.68 bits per heavy atom. The third kappa shape index (κ3) is 4.75. The van der Waals surface area contributed by atoms with Crippen LogP contribution in [-0.4, -0.2) is 40.6 Å². The molecule has 0 aromatic carbocycles. The minimum Gasteiger partial charge on any atom is -0.363 e. The van der Waals surface area contributed by atoms with Gasteiger partial charge in [0.1, 0.15) is 12.8 Å². The molecule has 1 aliphatic rings. The molecule has 0 atom stereocenters. The van der Waals surface area contributed by atoms with Crippen LogP contribution in [0.4, 0.5) is 10.6 Å². The molecular formula is C15H24N4O3. The summed E-state index contributed by atoms with van der Waals surface area (Å²) < 4.78 is 4.66. The van der Waals surface area contributed by atoms with Crippen molar-refractivity contribution >= 4 is 17.8 Å². The highest BCUT2D eigenvalue weighted by Gasteiger charge is 2.23. The summed E-state index contributed by atoms with van der Waals surface area (Å²) in [6.45, 7) is 3.77. The van der Waals surface area contributed by atoms with Crippen molar-refractivity contribution in [3.63, 3.8) is 0 Å². The predicted molar refractivity (Wildman–Crippen MR) is 82.4 cm³/mol. The maximum Gasteiger partial charge on any atom is 0.318 e. The van der Waals surface area contributed by atoms with Crippen molar-refractivity contribution in [2.45, 2.75) is 58.0 Å². The molecule has 1 saturated carbocycles. The molecule has 1 heterocycles. The largest absolute Gasteiger partial charge is 0.363 e. The first kappa shape index (κ1) is 16.3. The number of amides is 3. The molecule has 22 heavy (non-hydrogen) atoms. The Bertz CT molecular complexity index is 481. The van der Waals surface area contributed by atoms with Gasteiger partial charge in [0.15, 0.2) is 5.82 Å². The van der Waals surface area contributed by atoms with Crippen LogP contribution < -0.4 is 10.6 Å². The third-order valence-electron chi connectivity index (χ3n) is 3.84. The Labute approximate surface area is 130 Å². The average molecular weight is 308 g/mol. The number of hydrogen-bond acceptors (Lipinski definition) is 4. The summed E-state index contributed by atoms with van der Waals surface area (Å²) in [7, 11) is 0. The number of anilines is 1. The van der Waals surface area contributed by atoms with E-state index in [0.29, 0.717) is 5.82 Å². The van der Waals surface area contributed by atoms with E-state index < -0.39 is 0 Å². The van der Waals surface area contributed by atoms with Crippen LogP contribution in [0.25, 0.3) is 0 Å². The first-order valence-electron chi connectivity index (χ1n) is 7.83. The van der Waals surface area contributed by atoms with Crippen LogP contribution in [0.2, 0.25) is 0 Å². The van der Waals surface area contributed by atoms with Gasteiger partial charge in [-0.05, 0) is 26.7 Å². The number of carbonyl (C=O) groups is 2. The second kappa shape index (κ2) is 7.82. The molecule has 0 bridgehead atoms. The molecular weight excluding hydrogens is 284 g/mol. The van der Waals surface area contributed by atoms with E-state index >= 15 is 0 Å². The predicted octanol–water partition coefficient (Wildman–Crippen LogP) is 2.37. The van der Waals surface area contributed by atoms with Crippen LogP contribution >= 0.6 is 0 Å². The summed E-state index contributed by atoms with van der Waals surface area (Å²) in [6, 6.07) is 1.53. The lowest BCUT2D eigenvalue weighted by Gasteiger charge is -2.30. The number of rotatable bonds is 5. The van der Waals surface area contributed by atoms with Gasteiger partial charge in [0.2, 0.25) is 5.91 Å². The van der Waals surface area contributed by atoms with Crippen molar-refractivity contribution < 1.29 is 14.1 Å². The molecule has 0 spiro atoms. The molecule has 1 aromatic heterocycles. The lowest BCUT2D eigenvalue weighted by molar-refractivity contribution is -0.117. The second-order valence-electron chi connectivity index (χ2n) is 5.94. The first-order chi connectivity index (χ1) is 10.6. The highest BCUT2D eigenvalue weighted by atomic mass is 16.5. The summed E-state index contributed by atoms with van der Waals surface area (Å²) in [5.74, 6) is 0.0581. The number of carbonyl (C=O) groups excluding carboxylic acids is 2. The average Bonchev–Trinajstić information content (AvgIpc) is 2.98. The first-order valence-corrected chi connectivity index (χ1v) is 7.83. The normalized spacial score (nSPS) is 15.6. The monoisotopic (exact) mass is 308 g/mol. The van der Waals surface area contributed by atoms with E-state index in [1.165, 1.54) is 17.6 Å². The van der Waals surface area contributed by atoms with Gasteiger partial charge < -0.3 is 20.1 Å². The minimum atomic E-state index is -0.290. The standard InChI is InChI=1S/C15H24N4O3/c1-11(2)19(10-14(20)17-13-8-9-22-18-13)15(21)16-12-6-4-3-5-7-12/h8-9,11-12H,3-7,10H2,1-2H3,(H,16,21)(H,17,18,20). The molecule has 2 N–H and O–H groups in total. The number of aromatic nitrogens is 1. The van der Waals surface area contributed by atoms with Crippen LogP contribution in [0.15, 0.2) is 16.9 Å². The highest BCUT2D eigenvalue weighted by Crippen LogP contribution is 2.17. The fourth-order valence-electron chi connectivity index (χ4n) is 2.61. The molecule has 0 unspecified atom stereocenters. The molecule has 122 valence electrons. The van der Waals surface area contributed by atoms with Gasteiger partial charge in [-0.1, -0.05) is 24.4 Å². The Morgan fingerprint density at radius 1 is 1.36 bits per heavy atom. The number of nitrogens with zero attached hydrogens (tertiary/aromatic N) is 2. The van der Waals surface area contributed by atoms with E-state index in [1.807, 2.05) is 13.8 Å². The maximum absolute atomic E-state index is 12.4. The van der Waals surface area contributed by atoms with Crippen LogP contribution in [0, 0.1) is 0 Å². The molecule has 0 aliphatic heterocycles. The highest BCUT2D eigenvalue weighted by molar-refractivity contribution is 5.93. The van der Waals surface area contributed by atoms with E-state index in [4.69, 9.17) is 0 Å². The van der Waals surface area contributed by atoms with E-state index in [9.17, 15) is 9.59 Å².